The number of rotatable bonds is 4. The highest BCUT2D eigenvalue weighted by molar-refractivity contribution is 5.80. The molecule has 0 N–H and O–H groups in total. The molecule has 0 atom stereocenters. The van der Waals surface area contributed by atoms with E-state index in [-0.39, 0.29) is 17.7 Å². The number of hydrogen-bond acceptors (Lipinski definition) is 3. The van der Waals surface area contributed by atoms with Crippen molar-refractivity contribution in [3.05, 3.63) is 42.0 Å². The number of carbonyl (C=O) groups is 2. The van der Waals surface area contributed by atoms with Crippen LogP contribution in [0.15, 0.2) is 36.4 Å². The summed E-state index contributed by atoms with van der Waals surface area (Å²) in [5, 5.41) is 0. The standard InChI is InChI=1S/C21H29N3O2/c1-18(25)23-12-9-20(10-13-23)21(26)24-16-14-22(15-17-24)11-5-8-19-6-3-2-4-7-19/h2-8,20H,9-17H2,1H3. The number of piperazine rings is 1. The van der Waals surface area contributed by atoms with E-state index in [0.29, 0.717) is 0 Å². The van der Waals surface area contributed by atoms with Crippen molar-refractivity contribution in [1.29, 1.82) is 0 Å². The molecule has 5 heteroatoms. The zero-order chi connectivity index (χ0) is 18.4. The molecule has 2 aliphatic heterocycles. The predicted octanol–water partition coefficient (Wildman–Crippen LogP) is 2.10. The Morgan fingerprint density at radius 1 is 0.962 bits per heavy atom. The SMILES string of the molecule is CC(=O)N1CCC(C(=O)N2CCN(CC=Cc3ccccc3)CC2)CC1. The zero-order valence-corrected chi connectivity index (χ0v) is 15.6. The van der Waals surface area contributed by atoms with Crippen molar-refractivity contribution in [3.8, 4) is 0 Å². The van der Waals surface area contributed by atoms with E-state index in [4.69, 9.17) is 0 Å². The van der Waals surface area contributed by atoms with Gasteiger partial charge in [0.25, 0.3) is 0 Å². The maximum absolute atomic E-state index is 12.7. The molecule has 0 aliphatic carbocycles. The Balaban J connectivity index is 1.40. The van der Waals surface area contributed by atoms with Gasteiger partial charge in [-0.3, -0.25) is 14.5 Å². The lowest BCUT2D eigenvalue weighted by molar-refractivity contribution is -0.141. The highest BCUT2D eigenvalue weighted by Gasteiger charge is 2.30. The van der Waals surface area contributed by atoms with E-state index in [1.54, 1.807) is 6.92 Å². The Labute approximate surface area is 156 Å². The molecule has 2 saturated heterocycles. The molecule has 2 aliphatic rings. The van der Waals surface area contributed by atoms with Gasteiger partial charge in [0.2, 0.25) is 11.8 Å². The van der Waals surface area contributed by atoms with Crippen LogP contribution in [-0.2, 0) is 9.59 Å². The molecule has 1 aromatic carbocycles. The monoisotopic (exact) mass is 355 g/mol. The summed E-state index contributed by atoms with van der Waals surface area (Å²) in [7, 11) is 0. The van der Waals surface area contributed by atoms with Crippen LogP contribution >= 0.6 is 0 Å². The number of amides is 2. The summed E-state index contributed by atoms with van der Waals surface area (Å²) >= 11 is 0. The first-order valence-electron chi connectivity index (χ1n) is 9.62. The summed E-state index contributed by atoms with van der Waals surface area (Å²) in [5.41, 5.74) is 1.22. The Morgan fingerprint density at radius 3 is 2.23 bits per heavy atom. The molecule has 26 heavy (non-hydrogen) atoms. The lowest BCUT2D eigenvalue weighted by Crippen LogP contribution is -2.51. The first-order chi connectivity index (χ1) is 12.6. The number of hydrogen-bond donors (Lipinski definition) is 0. The zero-order valence-electron chi connectivity index (χ0n) is 15.6. The lowest BCUT2D eigenvalue weighted by atomic mass is 9.95. The molecule has 2 fully saturated rings. The third-order valence-corrected chi connectivity index (χ3v) is 5.45. The summed E-state index contributed by atoms with van der Waals surface area (Å²) in [5.74, 6) is 0.496. The third-order valence-electron chi connectivity index (χ3n) is 5.45. The molecule has 2 amide bonds. The maximum atomic E-state index is 12.7. The van der Waals surface area contributed by atoms with Gasteiger partial charge in [-0.1, -0.05) is 42.5 Å². The van der Waals surface area contributed by atoms with Gasteiger partial charge < -0.3 is 9.80 Å². The smallest absolute Gasteiger partial charge is 0.225 e. The van der Waals surface area contributed by atoms with Crippen LogP contribution in [0, 0.1) is 5.92 Å². The van der Waals surface area contributed by atoms with Crippen LogP contribution in [0.4, 0.5) is 0 Å². The fourth-order valence-electron chi connectivity index (χ4n) is 3.75. The van der Waals surface area contributed by atoms with Crippen LogP contribution < -0.4 is 0 Å². The van der Waals surface area contributed by atoms with E-state index >= 15 is 0 Å². The molecular weight excluding hydrogens is 326 g/mol. The quantitative estimate of drug-likeness (QED) is 0.831. The van der Waals surface area contributed by atoms with Gasteiger partial charge >= 0.3 is 0 Å². The Bertz CT molecular complexity index is 628. The molecule has 2 heterocycles. The summed E-state index contributed by atoms with van der Waals surface area (Å²) < 4.78 is 0. The van der Waals surface area contributed by atoms with E-state index in [9.17, 15) is 9.59 Å². The molecule has 140 valence electrons. The Morgan fingerprint density at radius 2 is 1.62 bits per heavy atom. The highest BCUT2D eigenvalue weighted by atomic mass is 16.2. The van der Waals surface area contributed by atoms with Crippen molar-refractivity contribution < 1.29 is 9.59 Å². The molecule has 0 aromatic heterocycles. The second kappa shape index (κ2) is 8.99. The van der Waals surface area contributed by atoms with Crippen LogP contribution in [0.5, 0.6) is 0 Å². The molecule has 0 radical (unpaired) electrons. The summed E-state index contributed by atoms with van der Waals surface area (Å²) in [6.07, 6.45) is 5.96. The molecule has 0 saturated carbocycles. The Kier molecular flexibility index (Phi) is 6.45. The van der Waals surface area contributed by atoms with Crippen molar-refractivity contribution in [1.82, 2.24) is 14.7 Å². The van der Waals surface area contributed by atoms with E-state index in [0.717, 1.165) is 58.7 Å². The van der Waals surface area contributed by atoms with Gasteiger partial charge in [-0.2, -0.15) is 0 Å². The van der Waals surface area contributed by atoms with E-state index < -0.39 is 0 Å². The number of benzene rings is 1. The number of likely N-dealkylation sites (tertiary alicyclic amines) is 1. The van der Waals surface area contributed by atoms with Crippen LogP contribution in [-0.4, -0.2) is 72.3 Å². The topological polar surface area (TPSA) is 43.9 Å². The van der Waals surface area contributed by atoms with E-state index in [1.165, 1.54) is 5.56 Å². The second-order valence-corrected chi connectivity index (χ2v) is 7.22. The third kappa shape index (κ3) is 4.94. The van der Waals surface area contributed by atoms with Crippen molar-refractivity contribution in [2.24, 2.45) is 5.92 Å². The van der Waals surface area contributed by atoms with Crippen molar-refractivity contribution in [3.63, 3.8) is 0 Å². The maximum Gasteiger partial charge on any atom is 0.225 e. The minimum absolute atomic E-state index is 0.0927. The van der Waals surface area contributed by atoms with Gasteiger partial charge in [-0.05, 0) is 18.4 Å². The van der Waals surface area contributed by atoms with Gasteiger partial charge in [-0.25, -0.2) is 0 Å². The van der Waals surface area contributed by atoms with Crippen LogP contribution in [0.1, 0.15) is 25.3 Å². The lowest BCUT2D eigenvalue weighted by Gasteiger charge is -2.38. The fraction of sp³-hybridized carbons (Fsp3) is 0.524. The van der Waals surface area contributed by atoms with Gasteiger partial charge in [0.05, 0.1) is 0 Å². The first kappa shape index (κ1) is 18.6. The van der Waals surface area contributed by atoms with Crippen LogP contribution in [0.3, 0.4) is 0 Å². The van der Waals surface area contributed by atoms with E-state index in [2.05, 4.69) is 29.2 Å². The second-order valence-electron chi connectivity index (χ2n) is 7.22. The molecule has 0 bridgehead atoms. The molecule has 0 unspecified atom stereocenters. The van der Waals surface area contributed by atoms with Gasteiger partial charge in [-0.15, -0.1) is 0 Å². The van der Waals surface area contributed by atoms with Gasteiger partial charge in [0, 0.05) is 58.7 Å². The summed E-state index contributed by atoms with van der Waals surface area (Å²) in [6.45, 7) is 7.44. The molecule has 0 spiro atoms. The summed E-state index contributed by atoms with van der Waals surface area (Å²) in [4.78, 5) is 30.4. The molecule has 3 rings (SSSR count). The normalized spacial score (nSPS) is 19.9. The van der Waals surface area contributed by atoms with Crippen molar-refractivity contribution in [2.75, 3.05) is 45.8 Å². The number of piperidine rings is 1. The molecular formula is C21H29N3O2. The highest BCUT2D eigenvalue weighted by Crippen LogP contribution is 2.20. The van der Waals surface area contributed by atoms with Crippen molar-refractivity contribution >= 4 is 17.9 Å². The minimum Gasteiger partial charge on any atom is -0.343 e. The molecule has 1 aromatic rings. The van der Waals surface area contributed by atoms with Crippen molar-refractivity contribution in [2.45, 2.75) is 19.8 Å². The summed E-state index contributed by atoms with van der Waals surface area (Å²) in [6, 6.07) is 10.3. The average Bonchev–Trinajstić information content (AvgIpc) is 2.69. The largest absolute Gasteiger partial charge is 0.343 e. The number of carbonyl (C=O) groups excluding carboxylic acids is 2. The first-order valence-corrected chi connectivity index (χ1v) is 9.62. The average molecular weight is 355 g/mol. The minimum atomic E-state index is 0.0927. The molecule has 5 nitrogen and oxygen atoms in total. The predicted molar refractivity (Wildman–Crippen MR) is 103 cm³/mol. The fourth-order valence-corrected chi connectivity index (χ4v) is 3.75. The van der Waals surface area contributed by atoms with Gasteiger partial charge in [0.1, 0.15) is 0 Å². The van der Waals surface area contributed by atoms with Crippen LogP contribution in [0.2, 0.25) is 0 Å². The number of nitrogens with zero attached hydrogens (tertiary/aromatic N) is 3. The Hall–Kier alpha value is -2.14. The van der Waals surface area contributed by atoms with E-state index in [1.807, 2.05) is 28.0 Å². The van der Waals surface area contributed by atoms with Crippen LogP contribution in [0.25, 0.3) is 6.08 Å². The van der Waals surface area contributed by atoms with Gasteiger partial charge in [0.15, 0.2) is 0 Å².